The van der Waals surface area contributed by atoms with Gasteiger partial charge in [0.2, 0.25) is 0 Å². The summed E-state index contributed by atoms with van der Waals surface area (Å²) in [6.07, 6.45) is 1.93. The van der Waals surface area contributed by atoms with E-state index in [2.05, 4.69) is 0 Å². The minimum absolute atomic E-state index is 0.119. The highest BCUT2D eigenvalue weighted by atomic mass is 19.1. The highest BCUT2D eigenvalue weighted by Crippen LogP contribution is 2.33. The van der Waals surface area contributed by atoms with E-state index in [0.29, 0.717) is 18.4 Å². The molecule has 0 spiro atoms. The molecule has 13 heavy (non-hydrogen) atoms. The Balaban J connectivity index is 2.26. The van der Waals surface area contributed by atoms with Crippen molar-refractivity contribution in [3.63, 3.8) is 0 Å². The van der Waals surface area contributed by atoms with Crippen molar-refractivity contribution in [2.45, 2.75) is 25.2 Å². The highest BCUT2D eigenvalue weighted by molar-refractivity contribution is 5.81. The lowest BCUT2D eigenvalue weighted by Gasteiger charge is -2.08. The number of halogens is 1. The van der Waals surface area contributed by atoms with Crippen LogP contribution in [-0.4, -0.2) is 5.78 Å². The van der Waals surface area contributed by atoms with Crippen LogP contribution in [0.25, 0.3) is 0 Å². The third-order valence-corrected chi connectivity index (χ3v) is 2.59. The fraction of sp³-hybridized carbons (Fsp3) is 0.364. The second kappa shape index (κ2) is 3.29. The summed E-state index contributed by atoms with van der Waals surface area (Å²) in [5.74, 6) is 0.198. The molecule has 0 bridgehead atoms. The lowest BCUT2D eigenvalue weighted by Crippen LogP contribution is -1.97. The van der Waals surface area contributed by atoms with Crippen molar-refractivity contribution in [1.29, 1.82) is 0 Å². The number of carbonyl (C=O) groups excluding carboxylic acids is 1. The van der Waals surface area contributed by atoms with Crippen molar-refractivity contribution in [2.75, 3.05) is 0 Å². The van der Waals surface area contributed by atoms with E-state index in [1.807, 2.05) is 6.07 Å². The molecule has 1 fully saturated rings. The van der Waals surface area contributed by atoms with Crippen LogP contribution in [0.2, 0.25) is 0 Å². The molecule has 1 aliphatic carbocycles. The summed E-state index contributed by atoms with van der Waals surface area (Å²) >= 11 is 0. The molecule has 0 amide bonds. The summed E-state index contributed by atoms with van der Waals surface area (Å²) in [6.45, 7) is 0. The van der Waals surface area contributed by atoms with E-state index in [-0.39, 0.29) is 17.5 Å². The van der Waals surface area contributed by atoms with Crippen molar-refractivity contribution in [1.82, 2.24) is 0 Å². The van der Waals surface area contributed by atoms with Crippen molar-refractivity contribution in [3.8, 4) is 0 Å². The summed E-state index contributed by atoms with van der Waals surface area (Å²) in [6, 6.07) is 6.73. The Bertz CT molecular complexity index is 333. The monoisotopic (exact) mass is 178 g/mol. The van der Waals surface area contributed by atoms with E-state index >= 15 is 0 Å². The van der Waals surface area contributed by atoms with Gasteiger partial charge in [-0.1, -0.05) is 18.2 Å². The highest BCUT2D eigenvalue weighted by Gasteiger charge is 2.25. The number of carbonyl (C=O) groups is 1. The van der Waals surface area contributed by atoms with Gasteiger partial charge >= 0.3 is 0 Å². The van der Waals surface area contributed by atoms with Gasteiger partial charge in [-0.05, 0) is 24.0 Å². The molecule has 1 aromatic rings. The smallest absolute Gasteiger partial charge is 0.133 e. The fourth-order valence-electron chi connectivity index (χ4n) is 1.89. The van der Waals surface area contributed by atoms with Gasteiger partial charge in [0, 0.05) is 12.8 Å². The maximum Gasteiger partial charge on any atom is 0.133 e. The van der Waals surface area contributed by atoms with Crippen LogP contribution in [0.5, 0.6) is 0 Å². The molecule has 0 radical (unpaired) electrons. The Labute approximate surface area is 76.6 Å². The molecule has 0 heterocycles. The quantitative estimate of drug-likeness (QED) is 0.646. The van der Waals surface area contributed by atoms with Gasteiger partial charge in [-0.2, -0.15) is 0 Å². The zero-order valence-electron chi connectivity index (χ0n) is 7.29. The third kappa shape index (κ3) is 1.62. The van der Waals surface area contributed by atoms with Crippen LogP contribution in [0, 0.1) is 5.82 Å². The molecule has 2 rings (SSSR count). The molecule has 68 valence electrons. The molecule has 1 aromatic carbocycles. The average molecular weight is 178 g/mol. The fourth-order valence-corrected chi connectivity index (χ4v) is 1.89. The van der Waals surface area contributed by atoms with Crippen LogP contribution in [-0.2, 0) is 4.79 Å². The molecule has 0 aliphatic heterocycles. The van der Waals surface area contributed by atoms with E-state index < -0.39 is 0 Å². The predicted molar refractivity (Wildman–Crippen MR) is 48.0 cm³/mol. The minimum atomic E-state index is -0.179. The SMILES string of the molecule is O=C1CC[C@@H](c2ccccc2F)C1. The predicted octanol–water partition coefficient (Wildman–Crippen LogP) is 2.66. The second-order valence-electron chi connectivity index (χ2n) is 3.50. The maximum atomic E-state index is 13.3. The lowest BCUT2D eigenvalue weighted by atomic mass is 9.97. The zero-order valence-corrected chi connectivity index (χ0v) is 7.29. The van der Waals surface area contributed by atoms with Gasteiger partial charge in [-0.3, -0.25) is 4.79 Å². The number of ketones is 1. The third-order valence-electron chi connectivity index (χ3n) is 2.59. The van der Waals surface area contributed by atoms with E-state index in [1.165, 1.54) is 6.07 Å². The van der Waals surface area contributed by atoms with Gasteiger partial charge in [-0.25, -0.2) is 4.39 Å². The first-order valence-electron chi connectivity index (χ1n) is 4.53. The molecule has 0 N–H and O–H groups in total. The van der Waals surface area contributed by atoms with Gasteiger partial charge in [0.05, 0.1) is 0 Å². The molecule has 1 nitrogen and oxygen atoms in total. The normalized spacial score (nSPS) is 22.2. The van der Waals surface area contributed by atoms with Crippen LogP contribution < -0.4 is 0 Å². The number of rotatable bonds is 1. The van der Waals surface area contributed by atoms with Gasteiger partial charge in [0.1, 0.15) is 11.6 Å². The van der Waals surface area contributed by atoms with Crippen LogP contribution in [0.1, 0.15) is 30.7 Å². The van der Waals surface area contributed by atoms with E-state index in [0.717, 1.165) is 6.42 Å². The number of hydrogen-bond donors (Lipinski definition) is 0. The van der Waals surface area contributed by atoms with Crippen LogP contribution >= 0.6 is 0 Å². The summed E-state index contributed by atoms with van der Waals surface area (Å²) in [5.41, 5.74) is 0.702. The molecule has 0 aromatic heterocycles. The summed E-state index contributed by atoms with van der Waals surface area (Å²) < 4.78 is 13.3. The standard InChI is InChI=1S/C11H11FO/c12-11-4-2-1-3-10(11)8-5-6-9(13)7-8/h1-4,8H,5-7H2/t8-/m1/s1. The van der Waals surface area contributed by atoms with E-state index in [4.69, 9.17) is 0 Å². The molecule has 0 unspecified atom stereocenters. The van der Waals surface area contributed by atoms with Crippen molar-refractivity contribution >= 4 is 5.78 Å². The van der Waals surface area contributed by atoms with Gasteiger partial charge in [0.15, 0.2) is 0 Å². The Morgan fingerprint density at radius 1 is 1.31 bits per heavy atom. The molecule has 2 heteroatoms. The first-order chi connectivity index (χ1) is 6.27. The van der Waals surface area contributed by atoms with Gasteiger partial charge < -0.3 is 0 Å². The van der Waals surface area contributed by atoms with E-state index in [1.54, 1.807) is 12.1 Å². The number of Topliss-reactive ketones (excluding diaryl/α,β-unsaturated/α-hetero) is 1. The Kier molecular flexibility index (Phi) is 2.13. The number of hydrogen-bond acceptors (Lipinski definition) is 1. The Morgan fingerprint density at radius 3 is 2.69 bits per heavy atom. The molecule has 1 atom stereocenters. The van der Waals surface area contributed by atoms with Crippen LogP contribution in [0.15, 0.2) is 24.3 Å². The zero-order chi connectivity index (χ0) is 9.26. The van der Waals surface area contributed by atoms with Crippen LogP contribution in [0.4, 0.5) is 4.39 Å². The Hall–Kier alpha value is -1.18. The second-order valence-corrected chi connectivity index (χ2v) is 3.50. The molecular formula is C11H11FO. The molecular weight excluding hydrogens is 167 g/mol. The summed E-state index contributed by atoms with van der Waals surface area (Å²) in [7, 11) is 0. The van der Waals surface area contributed by atoms with Crippen molar-refractivity contribution < 1.29 is 9.18 Å². The van der Waals surface area contributed by atoms with Crippen LogP contribution in [0.3, 0.4) is 0 Å². The largest absolute Gasteiger partial charge is 0.300 e. The maximum absolute atomic E-state index is 13.3. The summed E-state index contributed by atoms with van der Waals surface area (Å²) in [4.78, 5) is 11.0. The van der Waals surface area contributed by atoms with Gasteiger partial charge in [-0.15, -0.1) is 0 Å². The van der Waals surface area contributed by atoms with Crippen molar-refractivity contribution in [3.05, 3.63) is 35.6 Å². The topological polar surface area (TPSA) is 17.1 Å². The molecule has 1 aliphatic rings. The molecule has 1 saturated carbocycles. The van der Waals surface area contributed by atoms with Gasteiger partial charge in [0.25, 0.3) is 0 Å². The lowest BCUT2D eigenvalue weighted by molar-refractivity contribution is -0.117. The Morgan fingerprint density at radius 2 is 2.08 bits per heavy atom. The van der Waals surface area contributed by atoms with Crippen molar-refractivity contribution in [2.24, 2.45) is 0 Å². The first kappa shape index (κ1) is 8.42. The minimum Gasteiger partial charge on any atom is -0.300 e. The first-order valence-corrected chi connectivity index (χ1v) is 4.53. The molecule has 0 saturated heterocycles. The van der Waals surface area contributed by atoms with E-state index in [9.17, 15) is 9.18 Å². The number of benzene rings is 1. The summed E-state index contributed by atoms with van der Waals surface area (Å²) in [5, 5.41) is 0. The average Bonchev–Trinajstić information content (AvgIpc) is 2.53.